The van der Waals surface area contributed by atoms with Gasteiger partial charge in [-0.1, -0.05) is 63.6 Å². The Kier molecular flexibility index (Phi) is 7.40. The first-order valence-corrected chi connectivity index (χ1v) is 10.9. The van der Waals surface area contributed by atoms with Crippen LogP contribution in [0.25, 0.3) is 6.08 Å². The predicted octanol–water partition coefficient (Wildman–Crippen LogP) is 5.78. The van der Waals surface area contributed by atoms with Gasteiger partial charge in [-0.2, -0.15) is 0 Å². The highest BCUT2D eigenvalue weighted by Crippen LogP contribution is 2.35. The average Bonchev–Trinajstić information content (AvgIpc) is 2.94. The largest absolute Gasteiger partial charge is 0.489 e. The number of halogens is 2. The highest BCUT2D eigenvalue weighted by molar-refractivity contribution is 9.10. The molecule has 2 aromatic rings. The summed E-state index contributed by atoms with van der Waals surface area (Å²) in [5.41, 5.74) is 0.795. The van der Waals surface area contributed by atoms with E-state index < -0.39 is 0 Å². The summed E-state index contributed by atoms with van der Waals surface area (Å²) in [4.78, 5) is 14.6. The van der Waals surface area contributed by atoms with Crippen LogP contribution in [0, 0.1) is 0 Å². The maximum Gasteiger partial charge on any atom is 0.266 e. The molecule has 0 unspecified atom stereocenters. The first-order valence-electron chi connectivity index (χ1n) is 8.54. The summed E-state index contributed by atoms with van der Waals surface area (Å²) in [6, 6.07) is 12.9. The monoisotopic (exact) mass is 497 g/mol. The fourth-order valence-electron chi connectivity index (χ4n) is 2.54. The second kappa shape index (κ2) is 9.78. The van der Waals surface area contributed by atoms with Gasteiger partial charge in [0.2, 0.25) is 0 Å². The number of rotatable bonds is 7. The predicted molar refractivity (Wildman–Crippen MR) is 122 cm³/mol. The van der Waals surface area contributed by atoms with Gasteiger partial charge in [-0.05, 0) is 43.3 Å². The summed E-state index contributed by atoms with van der Waals surface area (Å²) in [7, 11) is 0. The fraction of sp³-hybridized carbons (Fsp3) is 0.200. The second-order valence-corrected chi connectivity index (χ2v) is 8.73. The van der Waals surface area contributed by atoms with E-state index in [1.54, 1.807) is 11.0 Å². The number of carbonyl (C=O) groups excluding carboxylic acids is 1. The lowest BCUT2D eigenvalue weighted by Crippen LogP contribution is -2.27. The fourth-order valence-corrected chi connectivity index (χ4v) is 4.49. The molecule has 0 aromatic heterocycles. The topological polar surface area (TPSA) is 38.8 Å². The molecular formula is C20H17BrClNO3S2. The van der Waals surface area contributed by atoms with Crippen LogP contribution in [0.3, 0.4) is 0 Å². The third-order valence-corrected chi connectivity index (χ3v) is 6.07. The zero-order valence-electron chi connectivity index (χ0n) is 15.0. The van der Waals surface area contributed by atoms with E-state index in [1.165, 1.54) is 11.8 Å². The first kappa shape index (κ1) is 21.2. The van der Waals surface area contributed by atoms with Gasteiger partial charge in [-0.3, -0.25) is 9.69 Å². The molecule has 0 atom stereocenters. The van der Waals surface area contributed by atoms with Crippen LogP contribution in [0.15, 0.2) is 51.8 Å². The number of thioether (sulfide) groups is 1. The molecule has 0 saturated carbocycles. The van der Waals surface area contributed by atoms with Crippen molar-refractivity contribution < 1.29 is 14.3 Å². The van der Waals surface area contributed by atoms with E-state index in [9.17, 15) is 4.79 Å². The summed E-state index contributed by atoms with van der Waals surface area (Å²) in [5, 5.41) is 0.560. The van der Waals surface area contributed by atoms with Gasteiger partial charge >= 0.3 is 0 Å². The van der Waals surface area contributed by atoms with Crippen molar-refractivity contribution in [1.29, 1.82) is 0 Å². The van der Waals surface area contributed by atoms with Crippen LogP contribution in [0.1, 0.15) is 12.5 Å². The van der Waals surface area contributed by atoms with E-state index >= 15 is 0 Å². The molecule has 0 spiro atoms. The average molecular weight is 499 g/mol. The first-order chi connectivity index (χ1) is 13.5. The van der Waals surface area contributed by atoms with Gasteiger partial charge in [-0.15, -0.1) is 0 Å². The van der Waals surface area contributed by atoms with Gasteiger partial charge in [0.15, 0.2) is 0 Å². The minimum atomic E-state index is -0.0783. The third kappa shape index (κ3) is 5.08. The van der Waals surface area contributed by atoms with Crippen LogP contribution in [0.2, 0.25) is 5.02 Å². The van der Waals surface area contributed by atoms with Crippen LogP contribution in [-0.4, -0.2) is 34.9 Å². The molecular weight excluding hydrogens is 482 g/mol. The smallest absolute Gasteiger partial charge is 0.266 e. The molecule has 1 fully saturated rings. The Labute approximate surface area is 187 Å². The lowest BCUT2D eigenvalue weighted by molar-refractivity contribution is -0.121. The van der Waals surface area contributed by atoms with Gasteiger partial charge < -0.3 is 9.47 Å². The van der Waals surface area contributed by atoms with Crippen molar-refractivity contribution in [2.45, 2.75) is 6.92 Å². The van der Waals surface area contributed by atoms with Crippen molar-refractivity contribution in [2.24, 2.45) is 0 Å². The summed E-state index contributed by atoms with van der Waals surface area (Å²) in [6.45, 7) is 3.14. The second-order valence-electron chi connectivity index (χ2n) is 5.74. The Hall–Kier alpha value is -1.54. The number of benzene rings is 2. The molecule has 0 aliphatic carbocycles. The molecule has 4 nitrogen and oxygen atoms in total. The minimum Gasteiger partial charge on any atom is -0.489 e. The maximum atomic E-state index is 12.5. The summed E-state index contributed by atoms with van der Waals surface area (Å²) in [5.74, 6) is 1.20. The Morgan fingerprint density at radius 2 is 1.89 bits per heavy atom. The Morgan fingerprint density at radius 1 is 1.18 bits per heavy atom. The van der Waals surface area contributed by atoms with Gasteiger partial charge in [0.1, 0.15) is 29.0 Å². The molecule has 1 aliphatic heterocycles. The SMILES string of the molecule is CCN1C(=O)/C(=C/c2cc(Br)ccc2OCCOc2ccccc2Cl)SC1=S. The Morgan fingerprint density at radius 3 is 2.57 bits per heavy atom. The molecule has 0 bridgehead atoms. The molecule has 1 saturated heterocycles. The van der Waals surface area contributed by atoms with E-state index in [2.05, 4.69) is 15.9 Å². The molecule has 1 heterocycles. The van der Waals surface area contributed by atoms with Crippen molar-refractivity contribution in [3.8, 4) is 11.5 Å². The zero-order valence-corrected chi connectivity index (χ0v) is 19.0. The molecule has 1 amide bonds. The molecule has 0 N–H and O–H groups in total. The Bertz CT molecular complexity index is 935. The Balaban J connectivity index is 1.69. The summed E-state index contributed by atoms with van der Waals surface area (Å²) < 4.78 is 13.0. The van der Waals surface area contributed by atoms with Crippen molar-refractivity contribution in [1.82, 2.24) is 4.90 Å². The van der Waals surface area contributed by atoms with E-state index in [-0.39, 0.29) is 5.91 Å². The van der Waals surface area contributed by atoms with Gasteiger partial charge in [0, 0.05) is 16.6 Å². The molecule has 146 valence electrons. The molecule has 3 rings (SSSR count). The normalized spacial score (nSPS) is 15.4. The van der Waals surface area contributed by atoms with Crippen LogP contribution < -0.4 is 9.47 Å². The molecule has 1 aliphatic rings. The number of nitrogens with zero attached hydrogens (tertiary/aromatic N) is 1. The highest BCUT2D eigenvalue weighted by Gasteiger charge is 2.30. The third-order valence-electron chi connectivity index (χ3n) is 3.88. The number of para-hydroxylation sites is 1. The van der Waals surface area contributed by atoms with E-state index in [0.717, 1.165) is 10.0 Å². The maximum absolute atomic E-state index is 12.5. The number of hydrogen-bond acceptors (Lipinski definition) is 5. The molecule has 2 aromatic carbocycles. The number of thiocarbonyl (C=S) groups is 1. The minimum absolute atomic E-state index is 0.0783. The quantitative estimate of drug-likeness (QED) is 0.275. The van der Waals surface area contributed by atoms with Gasteiger partial charge in [-0.25, -0.2) is 0 Å². The van der Waals surface area contributed by atoms with Crippen LogP contribution >= 0.6 is 51.5 Å². The number of carbonyl (C=O) groups is 1. The van der Waals surface area contributed by atoms with Crippen LogP contribution in [0.5, 0.6) is 11.5 Å². The van der Waals surface area contributed by atoms with Crippen molar-refractivity contribution in [3.05, 3.63) is 62.4 Å². The number of amides is 1. The van der Waals surface area contributed by atoms with Gasteiger partial charge in [0.05, 0.1) is 9.93 Å². The lowest BCUT2D eigenvalue weighted by Gasteiger charge is -2.12. The van der Waals surface area contributed by atoms with Crippen molar-refractivity contribution in [2.75, 3.05) is 19.8 Å². The van der Waals surface area contributed by atoms with E-state index in [4.69, 9.17) is 33.3 Å². The molecule has 0 radical (unpaired) electrons. The van der Waals surface area contributed by atoms with Crippen LogP contribution in [0.4, 0.5) is 0 Å². The standard InChI is InChI=1S/C20H17BrClNO3S2/c1-2-23-19(24)18(28-20(23)27)12-13-11-14(21)7-8-16(13)25-9-10-26-17-6-4-3-5-15(17)22/h3-8,11-12H,2,9-10H2,1H3/b18-12-. The van der Waals surface area contributed by atoms with E-state index in [1.807, 2.05) is 49.4 Å². The number of ether oxygens (including phenoxy) is 2. The zero-order chi connectivity index (χ0) is 20.1. The lowest BCUT2D eigenvalue weighted by atomic mass is 10.2. The number of likely N-dealkylation sites (N-methyl/N-ethyl adjacent to an activating group) is 1. The number of hydrogen-bond donors (Lipinski definition) is 0. The van der Waals surface area contributed by atoms with Crippen molar-refractivity contribution >= 4 is 67.8 Å². The van der Waals surface area contributed by atoms with Crippen molar-refractivity contribution in [3.63, 3.8) is 0 Å². The van der Waals surface area contributed by atoms with Gasteiger partial charge in [0.25, 0.3) is 5.91 Å². The molecule has 8 heteroatoms. The van der Waals surface area contributed by atoms with E-state index in [0.29, 0.717) is 45.5 Å². The molecule has 28 heavy (non-hydrogen) atoms. The highest BCUT2D eigenvalue weighted by atomic mass is 79.9. The summed E-state index contributed by atoms with van der Waals surface area (Å²) >= 11 is 16.1. The van der Waals surface area contributed by atoms with Crippen LogP contribution in [-0.2, 0) is 4.79 Å². The summed E-state index contributed by atoms with van der Waals surface area (Å²) in [6.07, 6.45) is 1.81.